The maximum absolute atomic E-state index is 11.7. The molecule has 7 heteroatoms. The summed E-state index contributed by atoms with van der Waals surface area (Å²) in [7, 11) is 1.61. The molecule has 0 saturated heterocycles. The molecule has 1 amide bonds. The number of carbonyl (C=O) groups excluding carboxylic acids is 1. The second kappa shape index (κ2) is 5.16. The minimum Gasteiger partial charge on any atom is -0.482 e. The Hall–Kier alpha value is -1.27. The fraction of sp³-hybridized carbons (Fsp3) is 0.364. The number of benzene rings is 1. The van der Waals surface area contributed by atoms with E-state index in [1.807, 2.05) is 6.07 Å². The fourth-order valence-electron chi connectivity index (χ4n) is 1.79. The van der Waals surface area contributed by atoms with Gasteiger partial charge < -0.3 is 9.64 Å². The highest BCUT2D eigenvalue weighted by atomic mass is 35.7. The van der Waals surface area contributed by atoms with E-state index in [-0.39, 0.29) is 18.3 Å². The second-order valence-corrected chi connectivity index (χ2v) is 6.79. The third-order valence-electron chi connectivity index (χ3n) is 2.58. The van der Waals surface area contributed by atoms with E-state index in [9.17, 15) is 13.2 Å². The zero-order chi connectivity index (χ0) is 13.2. The first-order valence-electron chi connectivity index (χ1n) is 5.42. The summed E-state index contributed by atoms with van der Waals surface area (Å²) in [5.74, 6) is 0.299. The van der Waals surface area contributed by atoms with Crippen LogP contribution in [0.15, 0.2) is 24.3 Å². The van der Waals surface area contributed by atoms with Crippen LogP contribution in [0.5, 0.6) is 5.75 Å². The molecule has 18 heavy (non-hydrogen) atoms. The smallest absolute Gasteiger partial charge is 0.265 e. The van der Waals surface area contributed by atoms with Crippen molar-refractivity contribution in [2.75, 3.05) is 23.8 Å². The molecule has 0 saturated carbocycles. The third kappa shape index (κ3) is 3.14. The first-order chi connectivity index (χ1) is 8.47. The highest BCUT2D eigenvalue weighted by Crippen LogP contribution is 2.31. The van der Waals surface area contributed by atoms with Gasteiger partial charge in [0.25, 0.3) is 5.91 Å². The molecule has 1 aliphatic heterocycles. The minimum atomic E-state index is -3.52. The first kappa shape index (κ1) is 13.2. The summed E-state index contributed by atoms with van der Waals surface area (Å²) in [5, 5.41) is 0. The maximum atomic E-state index is 11.7. The highest BCUT2D eigenvalue weighted by molar-refractivity contribution is 8.13. The Kier molecular flexibility index (Phi) is 3.77. The van der Waals surface area contributed by atoms with Crippen LogP contribution in [-0.2, 0) is 13.8 Å². The molecule has 1 aromatic rings. The molecular weight excluding hydrogens is 278 g/mol. The summed E-state index contributed by atoms with van der Waals surface area (Å²) >= 11 is 0. The van der Waals surface area contributed by atoms with Crippen molar-refractivity contribution in [1.29, 1.82) is 0 Å². The van der Waals surface area contributed by atoms with Crippen LogP contribution in [-0.4, -0.2) is 33.2 Å². The molecule has 0 aromatic heterocycles. The largest absolute Gasteiger partial charge is 0.482 e. The van der Waals surface area contributed by atoms with E-state index in [1.165, 1.54) is 4.90 Å². The lowest BCUT2D eigenvalue weighted by Gasteiger charge is -2.29. The van der Waals surface area contributed by atoms with Crippen molar-refractivity contribution in [3.8, 4) is 5.75 Å². The molecule has 1 aromatic carbocycles. The molecule has 98 valence electrons. The van der Waals surface area contributed by atoms with Crippen molar-refractivity contribution < 1.29 is 17.9 Å². The average Bonchev–Trinajstić information content (AvgIpc) is 2.31. The quantitative estimate of drug-likeness (QED) is 0.786. The lowest BCUT2D eigenvalue weighted by Crippen LogP contribution is -2.39. The van der Waals surface area contributed by atoms with Crippen molar-refractivity contribution in [3.05, 3.63) is 24.3 Å². The van der Waals surface area contributed by atoms with Gasteiger partial charge in [0, 0.05) is 17.2 Å². The summed E-state index contributed by atoms with van der Waals surface area (Å²) < 4.78 is 27.0. The van der Waals surface area contributed by atoms with Crippen molar-refractivity contribution in [1.82, 2.24) is 0 Å². The molecule has 0 atom stereocenters. The molecule has 0 unspecified atom stereocenters. The van der Waals surface area contributed by atoms with E-state index in [0.29, 0.717) is 24.4 Å². The van der Waals surface area contributed by atoms with Crippen molar-refractivity contribution in [3.63, 3.8) is 0 Å². The number of ether oxygens (including phenoxy) is 1. The molecule has 1 heterocycles. The lowest BCUT2D eigenvalue weighted by atomic mass is 10.2. The van der Waals surface area contributed by atoms with Crippen LogP contribution in [0, 0.1) is 0 Å². The first-order valence-corrected chi connectivity index (χ1v) is 7.90. The maximum Gasteiger partial charge on any atom is 0.265 e. The summed E-state index contributed by atoms with van der Waals surface area (Å²) in [4.78, 5) is 13.3. The highest BCUT2D eigenvalue weighted by Gasteiger charge is 2.24. The number of para-hydroxylation sites is 2. The van der Waals surface area contributed by atoms with E-state index < -0.39 is 9.05 Å². The summed E-state index contributed by atoms with van der Waals surface area (Å²) in [6.45, 7) is 0.287. The molecule has 0 fully saturated rings. The zero-order valence-corrected chi connectivity index (χ0v) is 11.1. The number of carbonyl (C=O) groups is 1. The Morgan fingerprint density at radius 1 is 1.33 bits per heavy atom. The van der Waals surface area contributed by atoms with Gasteiger partial charge in [-0.05, 0) is 18.6 Å². The number of rotatable bonds is 4. The van der Waals surface area contributed by atoms with Gasteiger partial charge in [0.1, 0.15) is 5.75 Å². The fourth-order valence-corrected chi connectivity index (χ4v) is 2.60. The molecule has 0 N–H and O–H groups in total. The van der Waals surface area contributed by atoms with Crippen molar-refractivity contribution in [2.45, 2.75) is 6.42 Å². The number of anilines is 1. The predicted octanol–water partition coefficient (Wildman–Crippen LogP) is 1.37. The number of nitrogens with zero attached hydrogens (tertiary/aromatic N) is 1. The summed E-state index contributed by atoms with van der Waals surface area (Å²) in [5.41, 5.74) is 0.667. The lowest BCUT2D eigenvalue weighted by molar-refractivity contribution is -0.121. The number of hydrogen-bond donors (Lipinski definition) is 0. The van der Waals surface area contributed by atoms with Gasteiger partial charge in [0.05, 0.1) is 11.4 Å². The van der Waals surface area contributed by atoms with Crippen LogP contribution in [0.1, 0.15) is 6.42 Å². The van der Waals surface area contributed by atoms with Crippen LogP contribution >= 0.6 is 10.7 Å². The number of halogens is 1. The Balaban J connectivity index is 2.10. The minimum absolute atomic E-state index is 0.0232. The second-order valence-electron chi connectivity index (χ2n) is 3.90. The van der Waals surface area contributed by atoms with Gasteiger partial charge in [-0.1, -0.05) is 12.1 Å². The van der Waals surface area contributed by atoms with Crippen LogP contribution < -0.4 is 9.64 Å². The zero-order valence-electron chi connectivity index (χ0n) is 9.50. The number of hydrogen-bond acceptors (Lipinski definition) is 4. The number of amides is 1. The van der Waals surface area contributed by atoms with E-state index in [2.05, 4.69) is 0 Å². The topological polar surface area (TPSA) is 63.7 Å². The van der Waals surface area contributed by atoms with Gasteiger partial charge in [0.2, 0.25) is 9.05 Å². The standard InChI is InChI=1S/C11H12ClNO4S/c12-18(15,16)7-3-6-13-9-4-1-2-5-10(9)17-8-11(13)14/h1-2,4-5H,3,6-8H2. The van der Waals surface area contributed by atoms with Gasteiger partial charge in [-0.25, -0.2) is 8.42 Å². The normalized spacial score (nSPS) is 15.2. The van der Waals surface area contributed by atoms with Crippen LogP contribution in [0.4, 0.5) is 5.69 Å². The average molecular weight is 290 g/mol. The van der Waals surface area contributed by atoms with E-state index in [0.717, 1.165) is 0 Å². The predicted molar refractivity (Wildman–Crippen MR) is 68.5 cm³/mol. The van der Waals surface area contributed by atoms with E-state index in [4.69, 9.17) is 15.4 Å². The van der Waals surface area contributed by atoms with Gasteiger partial charge >= 0.3 is 0 Å². The molecular formula is C11H12ClNO4S. The molecule has 1 aliphatic rings. The van der Waals surface area contributed by atoms with Gasteiger partial charge in [-0.2, -0.15) is 0 Å². The Bertz CT molecular complexity index is 558. The SMILES string of the molecule is O=C1COc2ccccc2N1CCCS(=O)(=O)Cl. The molecule has 0 bridgehead atoms. The third-order valence-corrected chi connectivity index (χ3v) is 3.82. The van der Waals surface area contributed by atoms with Gasteiger partial charge in [0.15, 0.2) is 6.61 Å². The monoisotopic (exact) mass is 289 g/mol. The Morgan fingerprint density at radius 2 is 2.06 bits per heavy atom. The summed E-state index contributed by atoms with van der Waals surface area (Å²) in [6.07, 6.45) is 0.298. The van der Waals surface area contributed by atoms with E-state index >= 15 is 0 Å². The van der Waals surface area contributed by atoms with Crippen LogP contribution in [0.2, 0.25) is 0 Å². The molecule has 2 rings (SSSR count). The van der Waals surface area contributed by atoms with E-state index in [1.54, 1.807) is 18.2 Å². The van der Waals surface area contributed by atoms with Crippen molar-refractivity contribution in [2.24, 2.45) is 0 Å². The van der Waals surface area contributed by atoms with Gasteiger partial charge in [-0.15, -0.1) is 0 Å². The molecule has 5 nitrogen and oxygen atoms in total. The Labute approximate surface area is 110 Å². The Morgan fingerprint density at radius 3 is 2.78 bits per heavy atom. The molecule has 0 radical (unpaired) electrons. The summed E-state index contributed by atoms with van der Waals surface area (Å²) in [6, 6.07) is 7.15. The van der Waals surface area contributed by atoms with Crippen LogP contribution in [0.25, 0.3) is 0 Å². The van der Waals surface area contributed by atoms with Crippen LogP contribution in [0.3, 0.4) is 0 Å². The number of fused-ring (bicyclic) bond motifs is 1. The molecule has 0 spiro atoms. The van der Waals surface area contributed by atoms with Crippen molar-refractivity contribution >= 4 is 31.3 Å². The van der Waals surface area contributed by atoms with Gasteiger partial charge in [-0.3, -0.25) is 4.79 Å². The molecule has 0 aliphatic carbocycles.